The normalized spacial score (nSPS) is 10.2. The summed E-state index contributed by atoms with van der Waals surface area (Å²) in [4.78, 5) is 8.75. The predicted octanol–water partition coefficient (Wildman–Crippen LogP) is 3.36. The van der Waals surface area contributed by atoms with Crippen molar-refractivity contribution < 1.29 is 4.74 Å². The smallest absolute Gasteiger partial charge is 0.224 e. The molecule has 2 rings (SSSR count). The van der Waals surface area contributed by atoms with E-state index in [9.17, 15) is 0 Å². The molecule has 20 heavy (non-hydrogen) atoms. The van der Waals surface area contributed by atoms with Crippen LogP contribution in [0.5, 0.6) is 5.75 Å². The third-order valence-corrected chi connectivity index (χ3v) is 2.86. The number of ether oxygens (including phenoxy) is 1. The highest BCUT2D eigenvalue weighted by Crippen LogP contribution is 2.21. The predicted molar refractivity (Wildman–Crippen MR) is 81.8 cm³/mol. The Bertz CT molecular complexity index is 554. The molecule has 0 unspecified atom stereocenters. The number of hydrogen-bond donors (Lipinski definition) is 2. The molecule has 0 fully saturated rings. The second-order valence-electron chi connectivity index (χ2n) is 4.51. The molecule has 1 aromatic heterocycles. The molecule has 106 valence electrons. The van der Waals surface area contributed by atoms with E-state index in [0.717, 1.165) is 35.8 Å². The SMILES string of the molecule is CCCNc1ncc(C)c(Nc2ccc(OC)cc2)n1. The van der Waals surface area contributed by atoms with E-state index in [-0.39, 0.29) is 0 Å². The van der Waals surface area contributed by atoms with Crippen molar-refractivity contribution in [3.8, 4) is 5.75 Å². The van der Waals surface area contributed by atoms with Gasteiger partial charge in [-0.3, -0.25) is 0 Å². The van der Waals surface area contributed by atoms with Gasteiger partial charge in [0.1, 0.15) is 11.6 Å². The van der Waals surface area contributed by atoms with Crippen molar-refractivity contribution in [2.24, 2.45) is 0 Å². The van der Waals surface area contributed by atoms with Gasteiger partial charge in [0.25, 0.3) is 0 Å². The second kappa shape index (κ2) is 6.75. The lowest BCUT2D eigenvalue weighted by molar-refractivity contribution is 0.415. The van der Waals surface area contributed by atoms with E-state index < -0.39 is 0 Å². The fourth-order valence-corrected chi connectivity index (χ4v) is 1.70. The molecule has 0 bridgehead atoms. The molecule has 0 aliphatic rings. The molecule has 0 amide bonds. The van der Waals surface area contributed by atoms with Crippen LogP contribution in [0.2, 0.25) is 0 Å². The summed E-state index contributed by atoms with van der Waals surface area (Å²) in [5.41, 5.74) is 1.97. The van der Waals surface area contributed by atoms with Crippen molar-refractivity contribution in [2.45, 2.75) is 20.3 Å². The van der Waals surface area contributed by atoms with Gasteiger partial charge < -0.3 is 15.4 Å². The summed E-state index contributed by atoms with van der Waals surface area (Å²) in [6, 6.07) is 7.74. The van der Waals surface area contributed by atoms with E-state index in [0.29, 0.717) is 5.95 Å². The van der Waals surface area contributed by atoms with Gasteiger partial charge in [0, 0.05) is 24.0 Å². The summed E-state index contributed by atoms with van der Waals surface area (Å²) in [5, 5.41) is 6.48. The number of aryl methyl sites for hydroxylation is 1. The lowest BCUT2D eigenvalue weighted by Crippen LogP contribution is -2.06. The molecule has 0 radical (unpaired) electrons. The fourth-order valence-electron chi connectivity index (χ4n) is 1.70. The number of anilines is 3. The number of rotatable bonds is 6. The van der Waals surface area contributed by atoms with Crippen molar-refractivity contribution in [3.63, 3.8) is 0 Å². The maximum absolute atomic E-state index is 5.14. The van der Waals surface area contributed by atoms with E-state index in [1.54, 1.807) is 7.11 Å². The fraction of sp³-hybridized carbons (Fsp3) is 0.333. The summed E-state index contributed by atoms with van der Waals surface area (Å²) in [6.45, 7) is 4.96. The Kier molecular flexibility index (Phi) is 4.76. The van der Waals surface area contributed by atoms with Crippen LogP contribution >= 0.6 is 0 Å². The van der Waals surface area contributed by atoms with Crippen molar-refractivity contribution in [1.82, 2.24) is 9.97 Å². The van der Waals surface area contributed by atoms with Crippen LogP contribution in [-0.4, -0.2) is 23.6 Å². The Morgan fingerprint density at radius 3 is 2.60 bits per heavy atom. The molecule has 5 nitrogen and oxygen atoms in total. The Labute approximate surface area is 119 Å². The molecule has 0 atom stereocenters. The number of nitrogens with one attached hydrogen (secondary N) is 2. The maximum Gasteiger partial charge on any atom is 0.224 e. The third kappa shape index (κ3) is 3.60. The van der Waals surface area contributed by atoms with Crippen LogP contribution < -0.4 is 15.4 Å². The van der Waals surface area contributed by atoms with Crippen molar-refractivity contribution >= 4 is 17.5 Å². The van der Waals surface area contributed by atoms with Crippen LogP contribution in [0.4, 0.5) is 17.5 Å². The van der Waals surface area contributed by atoms with Gasteiger partial charge in [-0.1, -0.05) is 6.92 Å². The van der Waals surface area contributed by atoms with Crippen LogP contribution in [0.15, 0.2) is 30.5 Å². The summed E-state index contributed by atoms with van der Waals surface area (Å²) in [5.74, 6) is 2.29. The van der Waals surface area contributed by atoms with Gasteiger partial charge in [-0.25, -0.2) is 4.98 Å². The lowest BCUT2D eigenvalue weighted by atomic mass is 10.3. The van der Waals surface area contributed by atoms with Gasteiger partial charge >= 0.3 is 0 Å². The summed E-state index contributed by atoms with van der Waals surface area (Å²) < 4.78 is 5.14. The molecule has 0 aliphatic heterocycles. The van der Waals surface area contributed by atoms with E-state index >= 15 is 0 Å². The zero-order valence-corrected chi connectivity index (χ0v) is 12.1. The first-order valence-electron chi connectivity index (χ1n) is 6.71. The molecular weight excluding hydrogens is 252 g/mol. The molecule has 0 saturated heterocycles. The summed E-state index contributed by atoms with van der Waals surface area (Å²) in [6.07, 6.45) is 2.86. The van der Waals surface area contributed by atoms with Crippen LogP contribution in [-0.2, 0) is 0 Å². The van der Waals surface area contributed by atoms with Gasteiger partial charge in [0.15, 0.2) is 0 Å². The molecule has 1 aromatic carbocycles. The van der Waals surface area contributed by atoms with Crippen molar-refractivity contribution in [1.29, 1.82) is 0 Å². The zero-order chi connectivity index (χ0) is 14.4. The molecule has 0 aliphatic carbocycles. The van der Waals surface area contributed by atoms with E-state index in [4.69, 9.17) is 4.74 Å². The minimum atomic E-state index is 0.647. The molecule has 0 spiro atoms. The molecule has 2 aromatic rings. The maximum atomic E-state index is 5.14. The molecule has 0 saturated carbocycles. The van der Waals surface area contributed by atoms with Crippen molar-refractivity contribution in [2.75, 3.05) is 24.3 Å². The van der Waals surface area contributed by atoms with Crippen LogP contribution in [0, 0.1) is 6.92 Å². The first-order valence-corrected chi connectivity index (χ1v) is 6.71. The van der Waals surface area contributed by atoms with Crippen molar-refractivity contribution in [3.05, 3.63) is 36.0 Å². The van der Waals surface area contributed by atoms with Gasteiger partial charge in [0.2, 0.25) is 5.95 Å². The minimum absolute atomic E-state index is 0.647. The van der Waals surface area contributed by atoms with Gasteiger partial charge in [-0.2, -0.15) is 4.98 Å². The molecular formula is C15H20N4O. The van der Waals surface area contributed by atoms with Crippen LogP contribution in [0.1, 0.15) is 18.9 Å². The number of hydrogen-bond acceptors (Lipinski definition) is 5. The van der Waals surface area contributed by atoms with Crippen LogP contribution in [0.3, 0.4) is 0 Å². The van der Waals surface area contributed by atoms with Gasteiger partial charge in [0.05, 0.1) is 7.11 Å². The van der Waals surface area contributed by atoms with Gasteiger partial charge in [-0.15, -0.1) is 0 Å². The topological polar surface area (TPSA) is 59.1 Å². The van der Waals surface area contributed by atoms with E-state index in [2.05, 4.69) is 27.5 Å². The monoisotopic (exact) mass is 272 g/mol. The third-order valence-electron chi connectivity index (χ3n) is 2.86. The largest absolute Gasteiger partial charge is 0.497 e. The van der Waals surface area contributed by atoms with E-state index in [1.165, 1.54) is 0 Å². The number of aromatic nitrogens is 2. The Balaban J connectivity index is 2.14. The molecule has 2 N–H and O–H groups in total. The summed E-state index contributed by atoms with van der Waals surface area (Å²) >= 11 is 0. The van der Waals surface area contributed by atoms with Gasteiger partial charge in [-0.05, 0) is 37.6 Å². The zero-order valence-electron chi connectivity index (χ0n) is 12.1. The standard InChI is InChI=1S/C15H20N4O/c1-4-9-16-15-17-10-11(2)14(19-15)18-12-5-7-13(20-3)8-6-12/h5-8,10H,4,9H2,1-3H3,(H2,16,17,18,19). The highest BCUT2D eigenvalue weighted by Gasteiger charge is 2.04. The lowest BCUT2D eigenvalue weighted by Gasteiger charge is -2.11. The Morgan fingerprint density at radius 1 is 1.20 bits per heavy atom. The first kappa shape index (κ1) is 14.1. The number of nitrogens with zero attached hydrogens (tertiary/aromatic N) is 2. The Morgan fingerprint density at radius 2 is 1.95 bits per heavy atom. The van der Waals surface area contributed by atoms with E-state index in [1.807, 2.05) is 37.4 Å². The molecule has 1 heterocycles. The Hall–Kier alpha value is -2.30. The van der Waals surface area contributed by atoms with Crippen LogP contribution in [0.25, 0.3) is 0 Å². The average Bonchev–Trinajstić information content (AvgIpc) is 2.49. The highest BCUT2D eigenvalue weighted by atomic mass is 16.5. The average molecular weight is 272 g/mol. The first-order chi connectivity index (χ1) is 9.72. The highest BCUT2D eigenvalue weighted by molar-refractivity contribution is 5.60. The minimum Gasteiger partial charge on any atom is -0.497 e. The number of methoxy groups -OCH3 is 1. The number of benzene rings is 1. The quantitative estimate of drug-likeness (QED) is 0.844. The molecule has 5 heteroatoms. The summed E-state index contributed by atoms with van der Waals surface area (Å²) in [7, 11) is 1.66. The second-order valence-corrected chi connectivity index (χ2v) is 4.51.